The van der Waals surface area contributed by atoms with E-state index in [2.05, 4.69) is 20.9 Å². The van der Waals surface area contributed by atoms with Gasteiger partial charge in [0.15, 0.2) is 0 Å². The molecular formula is C27H37N3O5. The van der Waals surface area contributed by atoms with Crippen molar-refractivity contribution in [3.63, 3.8) is 0 Å². The second-order valence-corrected chi connectivity index (χ2v) is 8.86. The molecule has 0 aliphatic carbocycles. The number of nitrogens with zero attached hydrogens (tertiary/aromatic N) is 2. The average molecular weight is 484 g/mol. The number of aromatic nitrogens is 1. The summed E-state index contributed by atoms with van der Waals surface area (Å²) >= 11 is 0. The first kappa shape index (κ1) is 27.9. The summed E-state index contributed by atoms with van der Waals surface area (Å²) in [6, 6.07) is 6.93. The molecular weight excluding hydrogens is 446 g/mol. The van der Waals surface area contributed by atoms with Gasteiger partial charge in [0.05, 0.1) is 12.3 Å². The lowest BCUT2D eigenvalue weighted by Gasteiger charge is -2.25. The molecule has 1 unspecified atom stereocenters. The molecule has 2 amide bonds. The van der Waals surface area contributed by atoms with Crippen molar-refractivity contribution in [1.29, 1.82) is 0 Å². The number of carbonyl (C=O) groups excluding carboxylic acids is 2. The van der Waals surface area contributed by atoms with Crippen molar-refractivity contribution in [3.8, 4) is 18.1 Å². The summed E-state index contributed by atoms with van der Waals surface area (Å²) in [5.74, 6) is 3.48. The number of methoxy groups -OCH3 is 1. The van der Waals surface area contributed by atoms with Gasteiger partial charge in [-0.1, -0.05) is 31.0 Å². The van der Waals surface area contributed by atoms with Crippen LogP contribution in [0.5, 0.6) is 5.75 Å². The number of rotatable bonds is 10. The number of ether oxygens (including phenoxy) is 2. The summed E-state index contributed by atoms with van der Waals surface area (Å²) in [5.41, 5.74) is 2.51. The average Bonchev–Trinajstić information content (AvgIpc) is 3.52. The van der Waals surface area contributed by atoms with Gasteiger partial charge in [0.25, 0.3) is 0 Å². The number of hydrogen-bond acceptors (Lipinski definition) is 6. The first-order valence-corrected chi connectivity index (χ1v) is 12.0. The fourth-order valence-electron chi connectivity index (χ4n) is 3.69. The molecule has 1 fully saturated rings. The van der Waals surface area contributed by atoms with Crippen LogP contribution in [-0.2, 0) is 20.9 Å². The lowest BCUT2D eigenvalue weighted by Crippen LogP contribution is -2.46. The van der Waals surface area contributed by atoms with Crippen molar-refractivity contribution < 1.29 is 23.6 Å². The maximum atomic E-state index is 12.8. The lowest BCUT2D eigenvalue weighted by molar-refractivity contribution is -0.139. The lowest BCUT2D eigenvalue weighted by atomic mass is 10.1. The third-order valence-corrected chi connectivity index (χ3v) is 5.46. The number of nitrogens with one attached hydrogen (secondary N) is 1. The van der Waals surface area contributed by atoms with Gasteiger partial charge in [-0.2, -0.15) is 0 Å². The molecule has 0 saturated carbocycles. The fraction of sp³-hybridized carbons (Fsp3) is 0.519. The Labute approximate surface area is 208 Å². The van der Waals surface area contributed by atoms with Crippen molar-refractivity contribution in [3.05, 3.63) is 47.3 Å². The molecule has 1 aliphatic rings. The smallest absolute Gasteiger partial charge is 0.243 e. The quantitative estimate of drug-likeness (QED) is 0.409. The number of carbonyl (C=O) groups is 2. The minimum Gasteiger partial charge on any atom is -0.493 e. The van der Waals surface area contributed by atoms with E-state index >= 15 is 0 Å². The number of likely N-dealkylation sites (tertiary alicyclic amines) is 1. The highest BCUT2D eigenvalue weighted by atomic mass is 16.5. The Morgan fingerprint density at radius 1 is 1.31 bits per heavy atom. The van der Waals surface area contributed by atoms with Crippen molar-refractivity contribution >= 4 is 11.8 Å². The standard InChI is InChI=1S/C23H32N2O4.C4H5NO/c1-5-18-9-10-19(21(15-18)29-13-7-12-28-4)16-24-23(27)20-8-6-11-25(20)22(26)14-17(2)3;1-4-2-3-6-5-4/h1,9-10,15,17,20H,6-8,11-14,16H2,2-4H3,(H,24,27);2-3H,1H3. The van der Waals surface area contributed by atoms with Gasteiger partial charge in [-0.3, -0.25) is 9.59 Å². The number of hydrogen-bond donors (Lipinski definition) is 1. The molecule has 2 aromatic rings. The van der Waals surface area contributed by atoms with Gasteiger partial charge in [0, 0.05) is 56.8 Å². The molecule has 1 N–H and O–H groups in total. The predicted octanol–water partition coefficient (Wildman–Crippen LogP) is 3.72. The third-order valence-electron chi connectivity index (χ3n) is 5.46. The molecule has 0 spiro atoms. The molecule has 8 nitrogen and oxygen atoms in total. The van der Waals surface area contributed by atoms with Crippen LogP contribution in [0.4, 0.5) is 0 Å². The zero-order valence-electron chi connectivity index (χ0n) is 21.2. The Kier molecular flexibility index (Phi) is 11.8. The van der Waals surface area contributed by atoms with Crippen LogP contribution in [0.3, 0.4) is 0 Å². The Hall–Kier alpha value is -3.31. The SMILES string of the molecule is C#Cc1ccc(CNC(=O)C2CCCN2C(=O)CC(C)C)c(OCCCOC)c1.Cc1ccon1. The molecule has 1 aliphatic heterocycles. The van der Waals surface area contributed by atoms with Crippen LogP contribution in [0.2, 0.25) is 0 Å². The highest BCUT2D eigenvalue weighted by molar-refractivity contribution is 5.88. The molecule has 1 saturated heterocycles. The second kappa shape index (κ2) is 14.8. The number of benzene rings is 1. The van der Waals surface area contributed by atoms with E-state index in [-0.39, 0.29) is 17.7 Å². The maximum Gasteiger partial charge on any atom is 0.243 e. The van der Waals surface area contributed by atoms with E-state index in [0.717, 1.165) is 29.7 Å². The first-order valence-electron chi connectivity index (χ1n) is 12.0. The highest BCUT2D eigenvalue weighted by Gasteiger charge is 2.33. The molecule has 3 rings (SSSR count). The van der Waals surface area contributed by atoms with E-state index in [1.54, 1.807) is 24.3 Å². The molecule has 0 radical (unpaired) electrons. The van der Waals surface area contributed by atoms with Crippen LogP contribution < -0.4 is 10.1 Å². The molecule has 8 heteroatoms. The zero-order valence-corrected chi connectivity index (χ0v) is 21.2. The van der Waals surface area contributed by atoms with E-state index in [1.165, 1.54) is 0 Å². The van der Waals surface area contributed by atoms with Gasteiger partial charge in [-0.05, 0) is 37.8 Å². The number of aryl methyl sites for hydroxylation is 1. The Bertz CT molecular complexity index is 966. The van der Waals surface area contributed by atoms with Crippen LogP contribution >= 0.6 is 0 Å². The molecule has 1 aromatic heterocycles. The van der Waals surface area contributed by atoms with Crippen molar-refractivity contribution in [2.24, 2.45) is 5.92 Å². The topological polar surface area (TPSA) is 93.9 Å². The summed E-state index contributed by atoms with van der Waals surface area (Å²) in [5, 5.41) is 6.51. The summed E-state index contributed by atoms with van der Waals surface area (Å²) < 4.78 is 15.4. The fourth-order valence-corrected chi connectivity index (χ4v) is 3.69. The highest BCUT2D eigenvalue weighted by Crippen LogP contribution is 2.23. The molecule has 1 atom stereocenters. The van der Waals surface area contributed by atoms with E-state index in [1.807, 2.05) is 39.0 Å². The van der Waals surface area contributed by atoms with E-state index in [9.17, 15) is 9.59 Å². The van der Waals surface area contributed by atoms with Crippen molar-refractivity contribution in [1.82, 2.24) is 15.4 Å². The van der Waals surface area contributed by atoms with Crippen LogP contribution in [0, 0.1) is 25.2 Å². The number of amides is 2. The minimum absolute atomic E-state index is 0.0539. The minimum atomic E-state index is -0.391. The van der Waals surface area contributed by atoms with E-state index < -0.39 is 6.04 Å². The predicted molar refractivity (Wildman–Crippen MR) is 134 cm³/mol. The maximum absolute atomic E-state index is 12.8. The van der Waals surface area contributed by atoms with E-state index in [0.29, 0.717) is 44.9 Å². The Morgan fingerprint density at radius 3 is 2.71 bits per heavy atom. The summed E-state index contributed by atoms with van der Waals surface area (Å²) in [6.07, 6.45) is 9.83. The van der Waals surface area contributed by atoms with Crippen LogP contribution in [0.15, 0.2) is 35.1 Å². The van der Waals surface area contributed by atoms with Crippen LogP contribution in [0.1, 0.15) is 56.4 Å². The monoisotopic (exact) mass is 483 g/mol. The van der Waals surface area contributed by atoms with Gasteiger partial charge in [0.1, 0.15) is 18.1 Å². The van der Waals surface area contributed by atoms with Crippen molar-refractivity contribution in [2.75, 3.05) is 26.9 Å². The first-order chi connectivity index (χ1) is 16.8. The third kappa shape index (κ3) is 9.45. The zero-order chi connectivity index (χ0) is 25.6. The largest absolute Gasteiger partial charge is 0.493 e. The van der Waals surface area contributed by atoms with Gasteiger partial charge < -0.3 is 24.2 Å². The van der Waals surface area contributed by atoms with Crippen LogP contribution in [0.25, 0.3) is 0 Å². The van der Waals surface area contributed by atoms with E-state index in [4.69, 9.17) is 15.9 Å². The molecule has 35 heavy (non-hydrogen) atoms. The number of terminal acetylenes is 1. The normalized spacial score (nSPS) is 14.7. The molecule has 2 heterocycles. The van der Waals surface area contributed by atoms with Gasteiger partial charge in [-0.15, -0.1) is 6.42 Å². The Morgan fingerprint density at radius 2 is 2.11 bits per heavy atom. The summed E-state index contributed by atoms with van der Waals surface area (Å²) in [7, 11) is 1.65. The van der Waals surface area contributed by atoms with Gasteiger partial charge in [-0.25, -0.2) is 0 Å². The van der Waals surface area contributed by atoms with Crippen LogP contribution in [-0.4, -0.2) is 54.8 Å². The van der Waals surface area contributed by atoms with Gasteiger partial charge in [0.2, 0.25) is 11.8 Å². The van der Waals surface area contributed by atoms with Gasteiger partial charge >= 0.3 is 0 Å². The molecule has 1 aromatic carbocycles. The molecule has 0 bridgehead atoms. The Balaban J connectivity index is 0.000000625. The second-order valence-electron chi connectivity index (χ2n) is 8.86. The van der Waals surface area contributed by atoms with Crippen molar-refractivity contribution in [2.45, 2.75) is 59.0 Å². The summed E-state index contributed by atoms with van der Waals surface area (Å²) in [6.45, 7) is 7.99. The summed E-state index contributed by atoms with van der Waals surface area (Å²) in [4.78, 5) is 26.9. The molecule has 190 valence electrons.